The van der Waals surface area contributed by atoms with Gasteiger partial charge in [-0.15, -0.1) is 0 Å². The highest BCUT2D eigenvalue weighted by atomic mass is 16.8. The molecular weight excluding hydrogens is 472 g/mol. The number of hydrogen-bond acceptors (Lipinski definition) is 7. The maximum atomic E-state index is 11.7. The largest absolute Gasteiger partial charge is 0.460 e. The summed E-state index contributed by atoms with van der Waals surface area (Å²) in [7, 11) is 0. The minimum Gasteiger partial charge on any atom is -0.460 e. The lowest BCUT2D eigenvalue weighted by molar-refractivity contribution is -0.319. The smallest absolute Gasteiger partial charge is 0.302 e. The minimum atomic E-state index is -0.687. The van der Waals surface area contributed by atoms with E-state index in [4.69, 9.17) is 23.7 Å². The summed E-state index contributed by atoms with van der Waals surface area (Å²) in [6, 6.07) is 0. The van der Waals surface area contributed by atoms with E-state index in [0.29, 0.717) is 41.9 Å². The molecule has 4 heterocycles. The van der Waals surface area contributed by atoms with E-state index in [-0.39, 0.29) is 47.0 Å². The number of aliphatic hydroxyl groups excluding tert-OH is 1. The molecule has 2 spiro atoms. The zero-order chi connectivity index (χ0) is 25.9. The molecule has 2 bridgehead atoms. The fourth-order valence-corrected chi connectivity index (χ4v) is 11.9. The van der Waals surface area contributed by atoms with Crippen molar-refractivity contribution in [3.63, 3.8) is 0 Å². The van der Waals surface area contributed by atoms with E-state index >= 15 is 0 Å². The van der Waals surface area contributed by atoms with Crippen LogP contribution in [0.1, 0.15) is 86.5 Å². The van der Waals surface area contributed by atoms with Crippen LogP contribution >= 0.6 is 0 Å². The number of esters is 1. The van der Waals surface area contributed by atoms with E-state index in [1.54, 1.807) is 0 Å². The SMILES string of the molecule is CC(=O)OC1CC2CCC3C(C4CC56C(O4)OC4(C)C5C(CC36)OC43CC(C)C(C)(C)O3)C2(C)CC1O. The van der Waals surface area contributed by atoms with Crippen LogP contribution in [0.5, 0.6) is 0 Å². The van der Waals surface area contributed by atoms with Crippen molar-refractivity contribution in [1.82, 2.24) is 0 Å². The Labute approximate surface area is 220 Å². The predicted molar refractivity (Wildman–Crippen MR) is 132 cm³/mol. The Balaban J connectivity index is 1.13. The molecule has 8 rings (SSSR count). The van der Waals surface area contributed by atoms with Gasteiger partial charge < -0.3 is 28.8 Å². The van der Waals surface area contributed by atoms with Gasteiger partial charge in [0.2, 0.25) is 0 Å². The highest BCUT2D eigenvalue weighted by Gasteiger charge is 2.87. The highest BCUT2D eigenvalue weighted by molar-refractivity contribution is 5.66. The number of carbonyl (C=O) groups is 1. The Hall–Kier alpha value is -0.730. The van der Waals surface area contributed by atoms with Crippen LogP contribution in [0.4, 0.5) is 0 Å². The van der Waals surface area contributed by atoms with Crippen LogP contribution in [0, 0.1) is 46.3 Å². The summed E-state index contributed by atoms with van der Waals surface area (Å²) in [6.45, 7) is 12.7. The van der Waals surface area contributed by atoms with Crippen molar-refractivity contribution in [3.8, 4) is 0 Å². The first-order chi connectivity index (χ1) is 17.3. The molecule has 4 aliphatic carbocycles. The topological polar surface area (TPSA) is 83.5 Å². The maximum absolute atomic E-state index is 11.7. The Bertz CT molecular complexity index is 1040. The zero-order valence-electron chi connectivity index (χ0n) is 23.2. The van der Waals surface area contributed by atoms with Gasteiger partial charge >= 0.3 is 5.97 Å². The molecule has 0 aromatic rings. The van der Waals surface area contributed by atoms with E-state index < -0.39 is 17.5 Å². The lowest BCUT2D eigenvalue weighted by atomic mass is 9.44. The number of rotatable bonds is 1. The van der Waals surface area contributed by atoms with Crippen molar-refractivity contribution in [3.05, 3.63) is 0 Å². The van der Waals surface area contributed by atoms with Gasteiger partial charge in [-0.25, -0.2) is 0 Å². The second-order valence-electron chi connectivity index (χ2n) is 15.2. The Morgan fingerprint density at radius 3 is 2.49 bits per heavy atom. The van der Waals surface area contributed by atoms with Gasteiger partial charge in [0.1, 0.15) is 11.7 Å². The van der Waals surface area contributed by atoms with Gasteiger partial charge in [0.05, 0.1) is 23.9 Å². The molecule has 8 aliphatic rings. The average Bonchev–Trinajstić information content (AvgIpc) is 3.47. The molecule has 206 valence electrons. The first kappa shape index (κ1) is 24.1. The normalized spacial score (nSPS) is 63.9. The Morgan fingerprint density at radius 2 is 1.78 bits per heavy atom. The van der Waals surface area contributed by atoms with Gasteiger partial charge in [-0.1, -0.05) is 13.8 Å². The monoisotopic (exact) mass is 516 g/mol. The van der Waals surface area contributed by atoms with Crippen molar-refractivity contribution in [2.24, 2.45) is 46.3 Å². The molecule has 7 heteroatoms. The van der Waals surface area contributed by atoms with Gasteiger partial charge in [0.15, 0.2) is 12.1 Å². The maximum Gasteiger partial charge on any atom is 0.302 e. The second kappa shape index (κ2) is 6.94. The quantitative estimate of drug-likeness (QED) is 0.523. The summed E-state index contributed by atoms with van der Waals surface area (Å²) in [4.78, 5) is 11.7. The van der Waals surface area contributed by atoms with Crippen molar-refractivity contribution in [2.45, 2.75) is 134 Å². The molecule has 7 nitrogen and oxygen atoms in total. The fraction of sp³-hybridized carbons (Fsp3) is 0.967. The highest BCUT2D eigenvalue weighted by Crippen LogP contribution is 2.80. The van der Waals surface area contributed by atoms with Crippen LogP contribution in [0.15, 0.2) is 0 Å². The van der Waals surface area contributed by atoms with Crippen molar-refractivity contribution in [2.75, 3.05) is 0 Å². The lowest BCUT2D eigenvalue weighted by Crippen LogP contribution is -2.60. The lowest BCUT2D eigenvalue weighted by Gasteiger charge is -2.61. The van der Waals surface area contributed by atoms with Crippen LogP contribution in [-0.2, 0) is 28.5 Å². The molecule has 0 aromatic heterocycles. The molecule has 4 aliphatic heterocycles. The van der Waals surface area contributed by atoms with Crippen LogP contribution in [0.2, 0.25) is 0 Å². The first-order valence-electron chi connectivity index (χ1n) is 14.9. The van der Waals surface area contributed by atoms with E-state index in [9.17, 15) is 9.90 Å². The van der Waals surface area contributed by atoms with Gasteiger partial charge in [-0.05, 0) is 94.3 Å². The summed E-state index contributed by atoms with van der Waals surface area (Å²) in [5.74, 6) is 1.61. The summed E-state index contributed by atoms with van der Waals surface area (Å²) >= 11 is 0. The van der Waals surface area contributed by atoms with Crippen LogP contribution in [0.25, 0.3) is 0 Å². The van der Waals surface area contributed by atoms with Crippen LogP contribution in [-0.4, -0.2) is 58.8 Å². The molecule has 15 unspecified atom stereocenters. The first-order valence-corrected chi connectivity index (χ1v) is 14.9. The van der Waals surface area contributed by atoms with E-state index in [0.717, 1.165) is 32.1 Å². The number of hydrogen-bond donors (Lipinski definition) is 1. The number of ether oxygens (including phenoxy) is 5. The van der Waals surface area contributed by atoms with Gasteiger partial charge in [0.25, 0.3) is 0 Å². The Morgan fingerprint density at radius 1 is 1.00 bits per heavy atom. The molecule has 8 fully saturated rings. The van der Waals surface area contributed by atoms with E-state index in [1.165, 1.54) is 13.3 Å². The summed E-state index contributed by atoms with van der Waals surface area (Å²) in [5, 5.41) is 11.1. The van der Waals surface area contributed by atoms with Gasteiger partial charge in [-0.2, -0.15) is 0 Å². The molecule has 4 saturated carbocycles. The summed E-state index contributed by atoms with van der Waals surface area (Å²) in [5.41, 5.74) is -0.748. The number of aliphatic hydroxyl groups is 1. The predicted octanol–water partition coefficient (Wildman–Crippen LogP) is 4.19. The van der Waals surface area contributed by atoms with Crippen molar-refractivity contribution >= 4 is 5.97 Å². The third kappa shape index (κ3) is 2.61. The van der Waals surface area contributed by atoms with Crippen molar-refractivity contribution < 1.29 is 33.6 Å². The molecule has 0 aromatic carbocycles. The molecule has 0 amide bonds. The second-order valence-corrected chi connectivity index (χ2v) is 15.2. The summed E-state index contributed by atoms with van der Waals surface area (Å²) in [6.07, 6.45) is 5.80. The van der Waals surface area contributed by atoms with E-state index in [1.807, 2.05) is 0 Å². The fourth-order valence-electron chi connectivity index (χ4n) is 11.9. The number of fused-ring (bicyclic) bond motifs is 7. The molecule has 0 radical (unpaired) electrons. The van der Waals surface area contributed by atoms with Gasteiger partial charge in [0, 0.05) is 24.7 Å². The molecule has 4 saturated heterocycles. The van der Waals surface area contributed by atoms with Crippen LogP contribution < -0.4 is 0 Å². The Kier molecular flexibility index (Phi) is 4.52. The minimum absolute atomic E-state index is 0.00480. The van der Waals surface area contributed by atoms with Gasteiger partial charge in [-0.3, -0.25) is 4.79 Å². The van der Waals surface area contributed by atoms with Crippen LogP contribution in [0.3, 0.4) is 0 Å². The molecular formula is C30H44O7. The summed E-state index contributed by atoms with van der Waals surface area (Å²) < 4.78 is 33.4. The molecule has 1 N–H and O–H groups in total. The molecule has 37 heavy (non-hydrogen) atoms. The average molecular weight is 517 g/mol. The zero-order valence-corrected chi connectivity index (χ0v) is 23.2. The van der Waals surface area contributed by atoms with E-state index in [2.05, 4.69) is 34.6 Å². The van der Waals surface area contributed by atoms with Crippen molar-refractivity contribution in [1.29, 1.82) is 0 Å². The number of carbonyl (C=O) groups excluding carboxylic acids is 1. The standard InChI is InChI=1S/C30H44O7/c1-14-11-30(37-26(14,3)4)28(6)24-21(35-30)10-18-17-8-7-16-9-20(33-15(2)31)19(32)12-27(16,5)23(17)22-13-29(18,24)25(34-22)36-28/h14,16-25,32H,7-13H2,1-6H3. The third-order valence-electron chi connectivity index (χ3n) is 13.5. The molecule has 15 atom stereocenters. The third-order valence-corrected chi connectivity index (χ3v) is 13.5.